The predicted molar refractivity (Wildman–Crippen MR) is 82.7 cm³/mol. The Morgan fingerprint density at radius 2 is 2.00 bits per heavy atom. The zero-order valence-corrected chi connectivity index (χ0v) is 13.6. The molecular formula is C13H15N5O8. The summed E-state index contributed by atoms with van der Waals surface area (Å²) in [6.45, 7) is 0.373. The number of benzene rings is 1. The molecule has 1 aromatic rings. The van der Waals surface area contributed by atoms with Gasteiger partial charge in [0, 0.05) is 6.07 Å². The number of nitro groups is 2. The van der Waals surface area contributed by atoms with Crippen LogP contribution in [0, 0.1) is 31.4 Å². The Morgan fingerprint density at radius 1 is 1.27 bits per heavy atom. The molecule has 13 nitrogen and oxygen atoms in total. The highest BCUT2D eigenvalue weighted by Crippen LogP contribution is 2.31. The van der Waals surface area contributed by atoms with E-state index in [4.69, 9.17) is 4.84 Å². The number of carbonyl (C=O) groups excluding carboxylic acids is 1. The van der Waals surface area contributed by atoms with E-state index in [-0.39, 0.29) is 11.5 Å². The summed E-state index contributed by atoms with van der Waals surface area (Å²) in [5.74, 6) is -1.37. The molecule has 0 saturated carbocycles. The number of hydrogen-bond acceptors (Lipinski definition) is 9. The van der Waals surface area contributed by atoms with Crippen molar-refractivity contribution in [2.45, 2.75) is 12.8 Å². The van der Waals surface area contributed by atoms with E-state index in [9.17, 15) is 30.2 Å². The van der Waals surface area contributed by atoms with Crippen molar-refractivity contribution in [1.29, 1.82) is 0 Å². The molecule has 1 saturated heterocycles. The summed E-state index contributed by atoms with van der Waals surface area (Å²) in [6.07, 6.45) is 1.11. The maximum Gasteiger partial charge on any atom is 0.321 e. The average molecular weight is 369 g/mol. The number of rotatable bonds is 6. The van der Waals surface area contributed by atoms with Crippen LogP contribution in [0.15, 0.2) is 23.5 Å². The molecule has 0 amide bonds. The van der Waals surface area contributed by atoms with E-state index in [0.29, 0.717) is 25.5 Å². The maximum atomic E-state index is 12.0. The molecule has 1 aliphatic heterocycles. The van der Waals surface area contributed by atoms with Gasteiger partial charge >= 0.3 is 11.7 Å². The van der Waals surface area contributed by atoms with Crippen molar-refractivity contribution in [3.05, 3.63) is 43.6 Å². The Balaban J connectivity index is 2.14. The van der Waals surface area contributed by atoms with Crippen LogP contribution >= 0.6 is 0 Å². The van der Waals surface area contributed by atoms with Crippen LogP contribution in [0.5, 0.6) is 5.75 Å². The standard InChI is InChI=1S/C13H15N5O8/c1-25-13(19)9-3-2-6-15(8-9)18(24)14-26-12-5-4-10(16(20)21)7-11(12)17(22)23/h4-5,7,9H,2-3,6,8H2,1H3/b18-14-. The van der Waals surface area contributed by atoms with Gasteiger partial charge in [0.2, 0.25) is 11.0 Å². The predicted octanol–water partition coefficient (Wildman–Crippen LogP) is 1.56. The van der Waals surface area contributed by atoms with Crippen molar-refractivity contribution in [1.82, 2.24) is 5.01 Å². The first-order valence-corrected chi connectivity index (χ1v) is 7.44. The molecule has 1 atom stereocenters. The quantitative estimate of drug-likeness (QED) is 0.238. The highest BCUT2D eigenvalue weighted by molar-refractivity contribution is 5.72. The Labute approximate surface area is 146 Å². The van der Waals surface area contributed by atoms with Gasteiger partial charge < -0.3 is 9.94 Å². The average Bonchev–Trinajstić information content (AvgIpc) is 2.65. The van der Waals surface area contributed by atoms with E-state index < -0.39 is 38.9 Å². The van der Waals surface area contributed by atoms with Gasteiger partial charge in [0.25, 0.3) is 5.69 Å². The first-order valence-electron chi connectivity index (χ1n) is 7.44. The van der Waals surface area contributed by atoms with Crippen molar-refractivity contribution < 1.29 is 29.2 Å². The number of piperidine rings is 1. The third-order valence-corrected chi connectivity index (χ3v) is 3.74. The number of hydrazine groups is 1. The van der Waals surface area contributed by atoms with E-state index >= 15 is 0 Å². The van der Waals surface area contributed by atoms with E-state index in [1.165, 1.54) is 12.1 Å². The summed E-state index contributed by atoms with van der Waals surface area (Å²) in [7, 11) is 1.25. The fourth-order valence-electron chi connectivity index (χ4n) is 2.44. The highest BCUT2D eigenvalue weighted by atomic mass is 16.7. The molecule has 0 N–H and O–H groups in total. The number of carbonyl (C=O) groups is 1. The van der Waals surface area contributed by atoms with Crippen LogP contribution in [-0.2, 0) is 9.53 Å². The summed E-state index contributed by atoms with van der Waals surface area (Å²) in [4.78, 5) is 36.4. The number of nitrogens with zero attached hydrogens (tertiary/aromatic N) is 5. The lowest BCUT2D eigenvalue weighted by Gasteiger charge is -2.26. The molecule has 26 heavy (non-hydrogen) atoms. The molecule has 0 radical (unpaired) electrons. The van der Waals surface area contributed by atoms with Gasteiger partial charge in [-0.15, -0.1) is 5.01 Å². The number of methoxy groups -OCH3 is 1. The van der Waals surface area contributed by atoms with Gasteiger partial charge in [-0.25, -0.2) is 0 Å². The van der Waals surface area contributed by atoms with Gasteiger partial charge in [0.15, 0.2) is 0 Å². The minimum absolute atomic E-state index is 0.0609. The molecule has 1 unspecified atom stereocenters. The maximum absolute atomic E-state index is 12.0. The number of non-ortho nitro benzene ring substituents is 1. The van der Waals surface area contributed by atoms with Crippen LogP contribution in [0.2, 0.25) is 0 Å². The molecule has 1 aromatic carbocycles. The zero-order chi connectivity index (χ0) is 19.3. The molecule has 1 heterocycles. The first-order chi connectivity index (χ1) is 12.3. The molecular weight excluding hydrogens is 354 g/mol. The third kappa shape index (κ3) is 4.31. The summed E-state index contributed by atoms with van der Waals surface area (Å²) in [5, 5.41) is 38.1. The summed E-state index contributed by atoms with van der Waals surface area (Å²) < 4.78 is 4.64. The van der Waals surface area contributed by atoms with Gasteiger partial charge in [-0.3, -0.25) is 29.9 Å². The van der Waals surface area contributed by atoms with Crippen LogP contribution < -0.4 is 4.84 Å². The van der Waals surface area contributed by atoms with Gasteiger partial charge in [0.1, 0.15) is 0 Å². The van der Waals surface area contributed by atoms with E-state index in [0.717, 1.165) is 12.1 Å². The second kappa shape index (κ2) is 8.04. The second-order valence-corrected chi connectivity index (χ2v) is 5.37. The Hall–Kier alpha value is -3.51. The first kappa shape index (κ1) is 18.8. The Morgan fingerprint density at radius 3 is 2.62 bits per heavy atom. The molecule has 0 spiro atoms. The van der Waals surface area contributed by atoms with Gasteiger partial charge in [0.05, 0.1) is 47.0 Å². The molecule has 0 bridgehead atoms. The fraction of sp³-hybridized carbons (Fsp3) is 0.462. The monoisotopic (exact) mass is 369 g/mol. The topological polar surface area (TPSA) is 163 Å². The lowest BCUT2D eigenvalue weighted by molar-refractivity contribution is -0.709. The summed E-state index contributed by atoms with van der Waals surface area (Å²) in [5.41, 5.74) is -1.21. The van der Waals surface area contributed by atoms with E-state index in [2.05, 4.69) is 10.0 Å². The van der Waals surface area contributed by atoms with E-state index in [1.54, 1.807) is 0 Å². The zero-order valence-electron chi connectivity index (χ0n) is 13.6. The largest absolute Gasteiger partial charge is 0.569 e. The lowest BCUT2D eigenvalue weighted by atomic mass is 10.00. The Bertz CT molecular complexity index is 752. The molecule has 0 aromatic heterocycles. The summed E-state index contributed by atoms with van der Waals surface area (Å²) >= 11 is 0. The number of hydrogen-bond donors (Lipinski definition) is 0. The van der Waals surface area contributed by atoms with Crippen molar-refractivity contribution in [3.8, 4) is 5.75 Å². The molecule has 140 valence electrons. The van der Waals surface area contributed by atoms with Crippen molar-refractivity contribution in [3.63, 3.8) is 0 Å². The minimum Gasteiger partial charge on any atom is -0.569 e. The summed E-state index contributed by atoms with van der Waals surface area (Å²) in [6, 6.07) is 2.66. The molecule has 1 aliphatic rings. The molecule has 13 heteroatoms. The van der Waals surface area contributed by atoms with Crippen LogP contribution in [0.25, 0.3) is 0 Å². The van der Waals surface area contributed by atoms with Crippen LogP contribution in [0.1, 0.15) is 12.8 Å². The molecule has 0 aliphatic carbocycles. The number of nitro benzene ring substituents is 2. The van der Waals surface area contributed by atoms with Gasteiger partial charge in [-0.05, 0) is 18.9 Å². The minimum atomic E-state index is -0.888. The van der Waals surface area contributed by atoms with Crippen molar-refractivity contribution in [2.75, 3.05) is 20.2 Å². The van der Waals surface area contributed by atoms with Crippen LogP contribution in [-0.4, -0.2) is 46.0 Å². The highest BCUT2D eigenvalue weighted by Gasteiger charge is 2.31. The van der Waals surface area contributed by atoms with Crippen LogP contribution in [0.3, 0.4) is 0 Å². The SMILES string of the molecule is COC(=O)C1CCCN(/[N+]([O-])=N/Oc2ccc([N+](=O)[O-])cc2[N+](=O)[O-])C1. The second-order valence-electron chi connectivity index (χ2n) is 5.37. The number of esters is 1. The third-order valence-electron chi connectivity index (χ3n) is 3.74. The normalized spacial score (nSPS) is 17.5. The van der Waals surface area contributed by atoms with Gasteiger partial charge in [-0.1, -0.05) is 0 Å². The van der Waals surface area contributed by atoms with Crippen LogP contribution in [0.4, 0.5) is 11.4 Å². The van der Waals surface area contributed by atoms with Crippen molar-refractivity contribution in [2.24, 2.45) is 11.2 Å². The van der Waals surface area contributed by atoms with E-state index in [1.807, 2.05) is 0 Å². The Kier molecular flexibility index (Phi) is 5.82. The van der Waals surface area contributed by atoms with Crippen molar-refractivity contribution >= 4 is 17.3 Å². The molecule has 1 fully saturated rings. The number of ether oxygens (including phenoxy) is 1. The van der Waals surface area contributed by atoms with Gasteiger partial charge in [-0.2, -0.15) is 0 Å². The lowest BCUT2D eigenvalue weighted by Crippen LogP contribution is -2.42. The fourth-order valence-corrected chi connectivity index (χ4v) is 2.44. The smallest absolute Gasteiger partial charge is 0.321 e. The molecule has 2 rings (SSSR count).